The highest BCUT2D eigenvalue weighted by Crippen LogP contribution is 2.44. The zero-order valence-corrected chi connectivity index (χ0v) is 52.8. The van der Waals surface area contributed by atoms with E-state index in [4.69, 9.17) is 24.7 Å². The van der Waals surface area contributed by atoms with E-state index in [0.717, 1.165) is 22.3 Å². The Kier molecular flexibility index (Phi) is 27.5. The number of carbonyl (C=O) groups excluding carboxylic acids is 12. The van der Waals surface area contributed by atoms with Gasteiger partial charge in [-0.15, -0.1) is 0 Å². The van der Waals surface area contributed by atoms with Crippen LogP contribution >= 0.6 is 0 Å². The number of nitrogens with one attached hydrogen (secondary N) is 9. The second kappa shape index (κ2) is 33.9. The number of hydrogen-bond donors (Lipinski definition) is 10. The average molecular weight is 1240 g/mol. The van der Waals surface area contributed by atoms with Crippen LogP contribution in [0.15, 0.2) is 78.9 Å². The van der Waals surface area contributed by atoms with Crippen LogP contribution in [0.3, 0.4) is 0 Å². The maximum absolute atomic E-state index is 14.3. The lowest BCUT2D eigenvalue weighted by molar-refractivity contribution is -0.159. The maximum Gasteiger partial charge on any atom is 0.408 e. The van der Waals surface area contributed by atoms with Gasteiger partial charge in [-0.05, 0) is 93.5 Å². The molecule has 10 amide bonds. The molecule has 486 valence electrons. The number of rotatable bonds is 31. The van der Waals surface area contributed by atoms with Crippen molar-refractivity contribution in [3.8, 4) is 11.1 Å². The highest BCUT2D eigenvalue weighted by molar-refractivity contribution is 5.97. The first kappa shape index (κ1) is 72.4. The number of carbonyl (C=O) groups is 12. The Morgan fingerprint density at radius 2 is 1.03 bits per heavy atom. The highest BCUT2D eigenvalue weighted by Gasteiger charge is 2.37. The normalized spacial score (nSPS) is 13.9. The van der Waals surface area contributed by atoms with Crippen molar-refractivity contribution >= 4 is 71.4 Å². The Balaban J connectivity index is 1.48. The summed E-state index contributed by atoms with van der Waals surface area (Å²) < 4.78 is 22.0. The fraction of sp³-hybridized carbons (Fsp3) is 0.524. The van der Waals surface area contributed by atoms with Crippen LogP contribution in [-0.4, -0.2) is 152 Å². The van der Waals surface area contributed by atoms with Crippen LogP contribution in [0.1, 0.15) is 125 Å². The van der Waals surface area contributed by atoms with Crippen LogP contribution in [0.4, 0.5) is 9.59 Å². The molecule has 6 atom stereocenters. The number of ether oxygens (including phenoxy) is 4. The summed E-state index contributed by atoms with van der Waals surface area (Å²) in [7, 11) is 0. The molecule has 0 spiro atoms. The minimum Gasteiger partial charge on any atom is -0.465 e. The van der Waals surface area contributed by atoms with E-state index in [1.54, 1.807) is 113 Å². The lowest BCUT2D eigenvalue weighted by Crippen LogP contribution is -2.60. The highest BCUT2D eigenvalue weighted by atomic mass is 16.6. The lowest BCUT2D eigenvalue weighted by atomic mass is 9.98. The summed E-state index contributed by atoms with van der Waals surface area (Å²) in [5.41, 5.74) is 7.72. The van der Waals surface area contributed by atoms with Gasteiger partial charge in [-0.25, -0.2) is 14.4 Å². The van der Waals surface area contributed by atoms with E-state index in [1.807, 2.05) is 48.5 Å². The predicted molar refractivity (Wildman–Crippen MR) is 326 cm³/mol. The first-order valence-electron chi connectivity index (χ1n) is 29.6. The second-order valence-electron chi connectivity index (χ2n) is 24.6. The number of esters is 2. The van der Waals surface area contributed by atoms with Gasteiger partial charge in [0.05, 0.1) is 25.9 Å². The van der Waals surface area contributed by atoms with E-state index in [2.05, 4.69) is 47.9 Å². The van der Waals surface area contributed by atoms with Crippen molar-refractivity contribution in [3.63, 3.8) is 0 Å². The number of alkyl carbamates (subject to hydrolysis) is 2. The SMILES string of the molecule is CC(C)C[C@H](NC(=O)[C@H](CC(=O)OCCC(=O)NC[C@H](NC(=O)OC(C)(C)C)C(=O)N[C@@H](Cc1ccccc1)C(=O)NCC(=O)NCC(N)=O)NC(=O)[C@@H](NC(=O)[C@@H](NC(=O)OCC1c2ccccc2-c2ccccc21)C(C)C)C(C)C)C(=O)OC(C)(C)C. The van der Waals surface area contributed by atoms with Crippen molar-refractivity contribution in [1.82, 2.24) is 47.9 Å². The standard InChI is InChI=1S/C63H88N10O16/c1-35(2)28-46(59(83)88-62(7,8)9)70-55(79)45(69-57(81)52(36(3)4)72-58(82)53(37(5)6)73-60(84)87-34-43-41-24-18-16-22-39(41)40-23-17-19-25-42(40)43)30-51(77)86-27-26-49(75)65-31-47(71-61(85)89-63(10,11)12)56(80)68-44(29-38-20-14-13-15-21-38)54(78)67-33-50(76)66-32-48(64)74/h13-25,35-37,43-47,52-53H,26-34H2,1-12H3,(H2,64,74)(H,65,75)(H,66,76)(H,67,78)(H,68,80)(H,69,81)(H,70,79)(H,71,85)(H,72,82)(H,73,84)/t44-,45-,46-,47-,52-,53-/m0/s1. The molecule has 1 aliphatic carbocycles. The smallest absolute Gasteiger partial charge is 0.408 e. The van der Waals surface area contributed by atoms with Crippen LogP contribution in [0.2, 0.25) is 0 Å². The zero-order chi connectivity index (χ0) is 66.3. The molecule has 0 saturated heterocycles. The van der Waals surface area contributed by atoms with Gasteiger partial charge in [0.1, 0.15) is 60.7 Å². The van der Waals surface area contributed by atoms with Crippen molar-refractivity contribution in [2.45, 2.75) is 162 Å². The van der Waals surface area contributed by atoms with Crippen molar-refractivity contribution in [1.29, 1.82) is 0 Å². The molecular formula is C63H88N10O16. The van der Waals surface area contributed by atoms with Crippen LogP contribution in [0.25, 0.3) is 11.1 Å². The first-order valence-corrected chi connectivity index (χ1v) is 29.6. The Labute approximate surface area is 519 Å². The van der Waals surface area contributed by atoms with Crippen molar-refractivity contribution in [2.24, 2.45) is 23.5 Å². The fourth-order valence-electron chi connectivity index (χ4n) is 9.20. The number of nitrogens with two attached hydrogens (primary N) is 1. The largest absolute Gasteiger partial charge is 0.465 e. The Hall–Kier alpha value is -9.10. The summed E-state index contributed by atoms with van der Waals surface area (Å²) in [6.07, 6.45) is -3.32. The molecule has 0 heterocycles. The Bertz CT molecular complexity index is 2950. The minimum atomic E-state index is -1.75. The van der Waals surface area contributed by atoms with Crippen molar-refractivity contribution in [3.05, 3.63) is 95.6 Å². The molecule has 0 aliphatic heterocycles. The summed E-state index contributed by atoms with van der Waals surface area (Å²) in [6.45, 7) is 17.6. The van der Waals surface area contributed by atoms with Crippen LogP contribution in [0, 0.1) is 17.8 Å². The van der Waals surface area contributed by atoms with Gasteiger partial charge < -0.3 is 72.5 Å². The molecule has 1 aliphatic rings. The van der Waals surface area contributed by atoms with Gasteiger partial charge in [-0.1, -0.05) is 120 Å². The van der Waals surface area contributed by atoms with E-state index in [0.29, 0.717) is 5.56 Å². The van der Waals surface area contributed by atoms with Crippen LogP contribution in [0.5, 0.6) is 0 Å². The number of benzene rings is 3. The molecule has 26 heteroatoms. The quantitative estimate of drug-likeness (QED) is 0.0327. The number of hydrogen-bond acceptors (Lipinski definition) is 16. The third-order valence-electron chi connectivity index (χ3n) is 13.4. The van der Waals surface area contributed by atoms with Gasteiger partial charge in [0, 0.05) is 18.9 Å². The summed E-state index contributed by atoms with van der Waals surface area (Å²) in [6, 6.07) is 15.6. The molecule has 0 saturated carbocycles. The summed E-state index contributed by atoms with van der Waals surface area (Å²) >= 11 is 0. The first-order chi connectivity index (χ1) is 41.7. The Morgan fingerprint density at radius 1 is 0.506 bits per heavy atom. The van der Waals surface area contributed by atoms with Gasteiger partial charge in [0.2, 0.25) is 47.3 Å². The summed E-state index contributed by atoms with van der Waals surface area (Å²) in [5.74, 6) is -10.3. The molecule has 0 fully saturated rings. The summed E-state index contributed by atoms with van der Waals surface area (Å²) in [5, 5.41) is 22.5. The van der Waals surface area contributed by atoms with Gasteiger partial charge in [-0.3, -0.25) is 43.2 Å². The molecule has 26 nitrogen and oxygen atoms in total. The van der Waals surface area contributed by atoms with E-state index >= 15 is 0 Å². The molecule has 0 bridgehead atoms. The fourth-order valence-corrected chi connectivity index (χ4v) is 9.20. The monoisotopic (exact) mass is 1240 g/mol. The van der Waals surface area contributed by atoms with E-state index in [-0.39, 0.29) is 31.3 Å². The maximum atomic E-state index is 14.3. The van der Waals surface area contributed by atoms with Crippen molar-refractivity contribution < 1.29 is 76.5 Å². The van der Waals surface area contributed by atoms with Crippen molar-refractivity contribution in [2.75, 3.05) is 32.8 Å². The minimum absolute atomic E-state index is 0.0272. The molecule has 0 unspecified atom stereocenters. The Morgan fingerprint density at radius 3 is 1.60 bits per heavy atom. The molecule has 0 aromatic heterocycles. The van der Waals surface area contributed by atoms with Crippen LogP contribution in [-0.2, 0) is 73.3 Å². The number of fused-ring (bicyclic) bond motifs is 3. The van der Waals surface area contributed by atoms with E-state index in [1.165, 1.54) is 0 Å². The third-order valence-corrected chi connectivity index (χ3v) is 13.4. The van der Waals surface area contributed by atoms with Gasteiger partial charge in [0.25, 0.3) is 0 Å². The molecule has 0 radical (unpaired) electrons. The molecule has 3 aromatic rings. The average Bonchev–Trinajstić information content (AvgIpc) is 1.65. The third kappa shape index (κ3) is 24.9. The molecule has 89 heavy (non-hydrogen) atoms. The second-order valence-corrected chi connectivity index (χ2v) is 24.6. The van der Waals surface area contributed by atoms with E-state index < -0.39 is 170 Å². The number of primary amides is 1. The lowest BCUT2D eigenvalue weighted by Gasteiger charge is -2.29. The van der Waals surface area contributed by atoms with Crippen LogP contribution < -0.4 is 53.6 Å². The molecule has 3 aromatic carbocycles. The number of amides is 10. The molecule has 4 rings (SSSR count). The van der Waals surface area contributed by atoms with E-state index in [9.17, 15) is 57.5 Å². The van der Waals surface area contributed by atoms with Gasteiger partial charge in [-0.2, -0.15) is 0 Å². The topological polar surface area (TPSA) is 376 Å². The summed E-state index contributed by atoms with van der Waals surface area (Å²) in [4.78, 5) is 160. The predicted octanol–water partition coefficient (Wildman–Crippen LogP) is 2.83. The molecule has 11 N–H and O–H groups in total. The zero-order valence-electron chi connectivity index (χ0n) is 52.8. The molecular weight excluding hydrogens is 1150 g/mol. The van der Waals surface area contributed by atoms with Gasteiger partial charge in [0.15, 0.2) is 0 Å². The van der Waals surface area contributed by atoms with Gasteiger partial charge >= 0.3 is 24.1 Å².